The molecule has 0 spiro atoms. The van der Waals surface area contributed by atoms with Gasteiger partial charge in [0, 0.05) is 9.52 Å². The Bertz CT molecular complexity index is 416. The van der Waals surface area contributed by atoms with E-state index in [-0.39, 0.29) is 50.7 Å². The molecule has 1 amide bonds. The topological polar surface area (TPSA) is 40.9 Å². The first-order chi connectivity index (χ1) is 8.61. The third-order valence-electron chi connectivity index (χ3n) is 1.87. The molecule has 1 N–H and O–H groups in total. The first-order valence-corrected chi connectivity index (χ1v) is 7.74. The van der Waals surface area contributed by atoms with E-state index in [4.69, 9.17) is 5.73 Å². The molecule has 0 saturated heterocycles. The Hall–Kier alpha value is -0.163. The van der Waals surface area contributed by atoms with E-state index >= 15 is 0 Å². The zero-order valence-corrected chi connectivity index (χ0v) is 18.5. The summed E-state index contributed by atoms with van der Waals surface area (Å²) in [5.41, 5.74) is 8.25. The van der Waals surface area contributed by atoms with Crippen LogP contribution >= 0.6 is 0 Å². The molecule has 0 fully saturated rings. The Morgan fingerprint density at radius 1 is 1.29 bits per heavy atom. The molecule has 112 valence electrons. The van der Waals surface area contributed by atoms with Gasteiger partial charge in [0.1, 0.15) is 0 Å². The second-order valence-electron chi connectivity index (χ2n) is 3.70. The van der Waals surface area contributed by atoms with Gasteiger partial charge in [-0.3, -0.25) is 6.08 Å². The van der Waals surface area contributed by atoms with Crippen LogP contribution < -0.4 is 24.8 Å². The number of hydrogen-bond acceptors (Lipinski definition) is 1. The summed E-state index contributed by atoms with van der Waals surface area (Å²) in [4.78, 5) is 10.5. The number of amides is 1. The summed E-state index contributed by atoms with van der Waals surface area (Å²) >= 11 is 0. The van der Waals surface area contributed by atoms with E-state index < -0.39 is 5.91 Å². The monoisotopic (exact) mass is 507 g/mol. The van der Waals surface area contributed by atoms with Crippen LogP contribution in [-0.4, -0.2) is 15.4 Å². The molecule has 0 saturated carbocycles. The van der Waals surface area contributed by atoms with Gasteiger partial charge in [0.25, 0.3) is 0 Å². The van der Waals surface area contributed by atoms with Crippen LogP contribution in [0.25, 0.3) is 5.73 Å². The molecule has 1 aromatic rings. The molecule has 0 atom stereocenters. The maximum absolute atomic E-state index is 10.5. The summed E-state index contributed by atoms with van der Waals surface area (Å²) < 4.78 is 0. The number of benzene rings is 1. The Morgan fingerprint density at radius 3 is 2.10 bits per heavy atom. The minimum atomic E-state index is -0.622. The van der Waals surface area contributed by atoms with E-state index in [0.717, 1.165) is 21.5 Å². The number of halogens is 2. The Balaban J connectivity index is -0.000000113. The predicted octanol–water partition coefficient (Wildman–Crippen LogP) is -1.71. The zero-order chi connectivity index (χ0) is 13.8. The van der Waals surface area contributed by atoms with E-state index in [1.54, 1.807) is 18.2 Å². The van der Waals surface area contributed by atoms with Crippen molar-refractivity contribution in [2.24, 2.45) is 0 Å². The van der Waals surface area contributed by atoms with E-state index in [1.165, 1.54) is 0 Å². The van der Waals surface area contributed by atoms with Crippen molar-refractivity contribution in [1.29, 1.82) is 0 Å². The molecular weight excluding hydrogens is 488 g/mol. The number of rotatable bonds is 1. The van der Waals surface area contributed by atoms with E-state index in [2.05, 4.69) is 25.2 Å². The van der Waals surface area contributed by atoms with Crippen molar-refractivity contribution < 1.29 is 55.5 Å². The SMILES string of the molecule is C[Si]C.Cc1cccc(C([NH-])=O)c1.[C-]1=CC=CC1.[Cl-].[Cl-].[Hf+4]. The number of allylic oxidation sites excluding steroid dienone is 4. The van der Waals surface area contributed by atoms with Crippen molar-refractivity contribution >= 4 is 15.4 Å². The van der Waals surface area contributed by atoms with Gasteiger partial charge >= 0.3 is 25.8 Å². The predicted molar refractivity (Wildman–Crippen MR) is 78.9 cm³/mol. The third-order valence-corrected chi connectivity index (χ3v) is 1.87. The standard InChI is InChI=1S/C8H9NO.C5H5.C2H6Si.2ClH.Hf/c1-6-3-2-4-7(5-6)8(9)10;1-2-4-5-3-1;1-3-2;;;/h2-5H,1H3,(H2,9,10);1-3H,4H2;1-2H3;2*1H;/q;-1;;;;+4/p-3. The minimum Gasteiger partial charge on any atom is -1.00 e. The summed E-state index contributed by atoms with van der Waals surface area (Å²) in [5.74, 6) is -0.622. The van der Waals surface area contributed by atoms with Gasteiger partial charge < -0.3 is 35.3 Å². The van der Waals surface area contributed by atoms with Crippen molar-refractivity contribution in [3.63, 3.8) is 0 Å². The summed E-state index contributed by atoms with van der Waals surface area (Å²) in [6, 6.07) is 7.02. The Morgan fingerprint density at radius 2 is 1.86 bits per heavy atom. The third kappa shape index (κ3) is 17.8. The molecule has 1 aromatic carbocycles. The van der Waals surface area contributed by atoms with Crippen LogP contribution in [0.15, 0.2) is 42.5 Å². The Kier molecular flexibility index (Phi) is 27.3. The van der Waals surface area contributed by atoms with E-state index in [1.807, 2.05) is 25.1 Å². The summed E-state index contributed by atoms with van der Waals surface area (Å²) in [6.07, 6.45) is 10.0. The quantitative estimate of drug-likeness (QED) is 0.330. The fraction of sp³-hybridized carbons (Fsp3) is 0.267. The van der Waals surface area contributed by atoms with Gasteiger partial charge in [-0.05, 0) is 12.5 Å². The summed E-state index contributed by atoms with van der Waals surface area (Å²) in [5, 5.41) is 0. The number of aryl methyl sites for hydroxylation is 1. The summed E-state index contributed by atoms with van der Waals surface area (Å²) in [6.45, 7) is 6.20. The molecule has 0 aliphatic heterocycles. The average molecular weight is 507 g/mol. The van der Waals surface area contributed by atoms with Crippen LogP contribution in [0.3, 0.4) is 0 Å². The van der Waals surface area contributed by atoms with Gasteiger partial charge in [-0.1, -0.05) is 42.9 Å². The molecule has 2 rings (SSSR count). The van der Waals surface area contributed by atoms with Crippen molar-refractivity contribution in [3.8, 4) is 0 Å². The van der Waals surface area contributed by atoms with Crippen molar-refractivity contribution in [3.05, 3.63) is 65.4 Å². The van der Waals surface area contributed by atoms with Gasteiger partial charge in [0.05, 0.1) is 5.91 Å². The largest absolute Gasteiger partial charge is 4.00 e. The minimum absolute atomic E-state index is 0. The molecule has 0 unspecified atom stereocenters. The van der Waals surface area contributed by atoms with Gasteiger partial charge in [-0.15, -0.1) is 6.42 Å². The average Bonchev–Trinajstić information content (AvgIpc) is 2.88. The first kappa shape index (κ1) is 28.9. The van der Waals surface area contributed by atoms with Crippen LogP contribution in [0.5, 0.6) is 0 Å². The molecule has 21 heavy (non-hydrogen) atoms. The molecule has 6 heteroatoms. The number of carbonyl (C=O) groups is 1. The molecule has 0 aromatic heterocycles. The second-order valence-corrected chi connectivity index (χ2v) is 4.70. The zero-order valence-electron chi connectivity index (χ0n) is 12.4. The second kappa shape index (κ2) is 19.8. The fourth-order valence-corrected chi connectivity index (χ4v) is 1.13. The molecule has 1 aliphatic carbocycles. The normalized spacial score (nSPS) is 9.48. The molecule has 2 nitrogen and oxygen atoms in total. The van der Waals surface area contributed by atoms with Crippen molar-refractivity contribution in [1.82, 2.24) is 0 Å². The number of hydrogen-bond donors (Lipinski definition) is 0. The van der Waals surface area contributed by atoms with Crippen LogP contribution in [0.2, 0.25) is 13.1 Å². The van der Waals surface area contributed by atoms with Gasteiger partial charge in [0.15, 0.2) is 0 Å². The van der Waals surface area contributed by atoms with Crippen LogP contribution in [-0.2, 0) is 25.8 Å². The van der Waals surface area contributed by atoms with E-state index in [9.17, 15) is 4.79 Å². The van der Waals surface area contributed by atoms with E-state index in [0.29, 0.717) is 5.56 Å². The van der Waals surface area contributed by atoms with Crippen molar-refractivity contribution in [2.45, 2.75) is 26.4 Å². The number of carbonyl (C=O) groups excluding carboxylic acids is 1. The fourth-order valence-electron chi connectivity index (χ4n) is 1.13. The van der Waals surface area contributed by atoms with Crippen LogP contribution in [0.1, 0.15) is 22.3 Å². The molecule has 1 aliphatic rings. The Labute approximate surface area is 162 Å². The maximum atomic E-state index is 10.5. The maximum Gasteiger partial charge on any atom is 4.00 e. The van der Waals surface area contributed by atoms with Crippen molar-refractivity contribution in [2.75, 3.05) is 0 Å². The smallest absolute Gasteiger partial charge is 1.00 e. The van der Waals surface area contributed by atoms with Gasteiger partial charge in [0.2, 0.25) is 0 Å². The molecule has 2 radical (unpaired) electrons. The molecule has 0 heterocycles. The first-order valence-electron chi connectivity index (χ1n) is 5.74. The number of nitrogens with one attached hydrogen (secondary N) is 1. The molecular formula is C15H19Cl2HfNOSi. The van der Waals surface area contributed by atoms with Crippen LogP contribution in [0, 0.1) is 13.0 Å². The van der Waals surface area contributed by atoms with Crippen LogP contribution in [0.4, 0.5) is 0 Å². The summed E-state index contributed by atoms with van der Waals surface area (Å²) in [7, 11) is 1.08. The molecule has 0 bridgehead atoms. The van der Waals surface area contributed by atoms with Gasteiger partial charge in [-0.25, -0.2) is 12.2 Å². The van der Waals surface area contributed by atoms with Gasteiger partial charge in [-0.2, -0.15) is 6.08 Å².